The van der Waals surface area contributed by atoms with Gasteiger partial charge >= 0.3 is 0 Å². The van der Waals surface area contributed by atoms with Gasteiger partial charge in [0, 0.05) is 12.3 Å². The van der Waals surface area contributed by atoms with Crippen molar-refractivity contribution in [2.45, 2.75) is 6.92 Å². The lowest BCUT2D eigenvalue weighted by Crippen LogP contribution is -1.91. The highest BCUT2D eigenvalue weighted by Crippen LogP contribution is 2.08. The highest BCUT2D eigenvalue weighted by atomic mass is 16.5. The zero-order valence-electron chi connectivity index (χ0n) is 7.03. The van der Waals surface area contributed by atoms with Crippen LogP contribution in [0.25, 0.3) is 6.08 Å². The van der Waals surface area contributed by atoms with Crippen molar-refractivity contribution in [3.8, 4) is 0 Å². The van der Waals surface area contributed by atoms with Gasteiger partial charge in [0.25, 0.3) is 0 Å². The molecule has 3 heteroatoms. The molecule has 0 saturated heterocycles. The summed E-state index contributed by atoms with van der Waals surface area (Å²) in [7, 11) is 0. The molecule has 0 aliphatic carbocycles. The third kappa shape index (κ3) is 2.27. The van der Waals surface area contributed by atoms with E-state index in [4.69, 9.17) is 10.5 Å². The molecule has 0 saturated carbocycles. The Morgan fingerprint density at radius 1 is 1.67 bits per heavy atom. The summed E-state index contributed by atoms with van der Waals surface area (Å²) in [5.74, 6) is 0. The van der Waals surface area contributed by atoms with Gasteiger partial charge < -0.3 is 10.5 Å². The highest BCUT2D eigenvalue weighted by molar-refractivity contribution is 5.59. The molecule has 0 aliphatic heterocycles. The van der Waals surface area contributed by atoms with Crippen LogP contribution in [-0.4, -0.2) is 11.6 Å². The maximum absolute atomic E-state index is 5.63. The predicted molar refractivity (Wildman–Crippen MR) is 49.3 cm³/mol. The van der Waals surface area contributed by atoms with Gasteiger partial charge in [-0.25, -0.2) is 0 Å². The van der Waals surface area contributed by atoms with Crippen LogP contribution in [0.5, 0.6) is 0 Å². The SMILES string of the molecule is CCO/C=C/c1ncccc1N. The first-order valence-electron chi connectivity index (χ1n) is 3.83. The number of nitrogens with zero attached hydrogens (tertiary/aromatic N) is 1. The van der Waals surface area contributed by atoms with E-state index >= 15 is 0 Å². The number of nitrogens with two attached hydrogens (primary N) is 1. The van der Waals surface area contributed by atoms with Crippen LogP contribution in [0.3, 0.4) is 0 Å². The maximum Gasteiger partial charge on any atom is 0.0889 e. The van der Waals surface area contributed by atoms with Gasteiger partial charge in [-0.1, -0.05) is 0 Å². The number of ether oxygens (including phenoxy) is 1. The van der Waals surface area contributed by atoms with E-state index in [0.29, 0.717) is 12.3 Å². The van der Waals surface area contributed by atoms with Crippen LogP contribution < -0.4 is 5.73 Å². The van der Waals surface area contributed by atoms with E-state index in [1.54, 1.807) is 30.7 Å². The minimum Gasteiger partial charge on any atom is -0.501 e. The highest BCUT2D eigenvalue weighted by Gasteiger charge is 1.92. The summed E-state index contributed by atoms with van der Waals surface area (Å²) in [4.78, 5) is 4.06. The largest absolute Gasteiger partial charge is 0.501 e. The summed E-state index contributed by atoms with van der Waals surface area (Å²) in [6.45, 7) is 2.58. The molecule has 1 aromatic heterocycles. The minimum absolute atomic E-state index is 0.656. The Balaban J connectivity index is 2.68. The van der Waals surface area contributed by atoms with Crippen molar-refractivity contribution in [3.05, 3.63) is 30.3 Å². The molecule has 0 amide bonds. The second-order valence-corrected chi connectivity index (χ2v) is 2.24. The van der Waals surface area contributed by atoms with Crippen LogP contribution in [-0.2, 0) is 4.74 Å². The molecule has 0 radical (unpaired) electrons. The first-order chi connectivity index (χ1) is 5.84. The molecule has 2 N–H and O–H groups in total. The van der Waals surface area contributed by atoms with Crippen molar-refractivity contribution in [2.24, 2.45) is 0 Å². The Labute approximate surface area is 71.9 Å². The first-order valence-corrected chi connectivity index (χ1v) is 3.83. The number of pyridine rings is 1. The van der Waals surface area contributed by atoms with Crippen LogP contribution in [0.2, 0.25) is 0 Å². The number of anilines is 1. The van der Waals surface area contributed by atoms with Crippen molar-refractivity contribution in [3.63, 3.8) is 0 Å². The molecule has 0 fully saturated rings. The summed E-state index contributed by atoms with van der Waals surface area (Å²) in [6.07, 6.45) is 5.04. The molecule has 12 heavy (non-hydrogen) atoms. The minimum atomic E-state index is 0.656. The fourth-order valence-electron chi connectivity index (χ4n) is 0.778. The maximum atomic E-state index is 5.63. The third-order valence-electron chi connectivity index (χ3n) is 1.36. The Morgan fingerprint density at radius 2 is 2.50 bits per heavy atom. The normalized spacial score (nSPS) is 10.4. The molecule has 0 unspecified atom stereocenters. The average molecular weight is 164 g/mol. The molecule has 1 aromatic rings. The Morgan fingerprint density at radius 3 is 3.17 bits per heavy atom. The van der Waals surface area contributed by atoms with Crippen molar-refractivity contribution in [1.82, 2.24) is 4.98 Å². The first kappa shape index (κ1) is 8.59. The summed E-state index contributed by atoms with van der Waals surface area (Å²) in [5, 5.41) is 0. The quantitative estimate of drug-likeness (QED) is 0.691. The molecule has 0 spiro atoms. The van der Waals surface area contributed by atoms with Crippen molar-refractivity contribution >= 4 is 11.8 Å². The Kier molecular flexibility index (Phi) is 3.14. The van der Waals surface area contributed by atoms with E-state index in [2.05, 4.69) is 4.98 Å². The van der Waals surface area contributed by atoms with Gasteiger partial charge in [-0.2, -0.15) is 0 Å². The number of hydrogen-bond donors (Lipinski definition) is 1. The van der Waals surface area contributed by atoms with Gasteiger partial charge in [-0.3, -0.25) is 4.98 Å². The van der Waals surface area contributed by atoms with Crippen LogP contribution >= 0.6 is 0 Å². The van der Waals surface area contributed by atoms with Crippen LogP contribution in [0.1, 0.15) is 12.6 Å². The fourth-order valence-corrected chi connectivity index (χ4v) is 0.778. The lowest BCUT2D eigenvalue weighted by Gasteiger charge is -1.97. The smallest absolute Gasteiger partial charge is 0.0889 e. The summed E-state index contributed by atoms with van der Waals surface area (Å²) in [5.41, 5.74) is 7.04. The van der Waals surface area contributed by atoms with Gasteiger partial charge in [0.15, 0.2) is 0 Å². The predicted octanol–water partition coefficient (Wildman–Crippen LogP) is 1.67. The van der Waals surface area contributed by atoms with E-state index < -0.39 is 0 Å². The van der Waals surface area contributed by atoms with E-state index in [1.807, 2.05) is 6.92 Å². The number of rotatable bonds is 3. The van der Waals surface area contributed by atoms with Crippen LogP contribution in [0, 0.1) is 0 Å². The van der Waals surface area contributed by atoms with E-state index in [-0.39, 0.29) is 0 Å². The second-order valence-electron chi connectivity index (χ2n) is 2.24. The van der Waals surface area contributed by atoms with Crippen molar-refractivity contribution in [1.29, 1.82) is 0 Å². The van der Waals surface area contributed by atoms with Gasteiger partial charge in [-0.05, 0) is 19.1 Å². The average Bonchev–Trinajstić information content (AvgIpc) is 2.09. The molecule has 1 heterocycles. The van der Waals surface area contributed by atoms with Gasteiger partial charge in [0.2, 0.25) is 0 Å². The van der Waals surface area contributed by atoms with Crippen molar-refractivity contribution < 1.29 is 4.74 Å². The summed E-state index contributed by atoms with van der Waals surface area (Å²) >= 11 is 0. The number of aromatic nitrogens is 1. The molecule has 1 rings (SSSR count). The summed E-state index contributed by atoms with van der Waals surface area (Å²) < 4.78 is 5.02. The molecular formula is C9H12N2O. The Hall–Kier alpha value is -1.51. The Bertz CT molecular complexity index is 271. The molecule has 0 aliphatic rings. The molecule has 3 nitrogen and oxygen atoms in total. The monoisotopic (exact) mass is 164 g/mol. The van der Waals surface area contributed by atoms with E-state index in [0.717, 1.165) is 5.69 Å². The molecular weight excluding hydrogens is 152 g/mol. The molecule has 64 valence electrons. The number of nitrogen functional groups attached to an aromatic ring is 1. The van der Waals surface area contributed by atoms with Crippen LogP contribution in [0.15, 0.2) is 24.6 Å². The zero-order chi connectivity index (χ0) is 8.81. The van der Waals surface area contributed by atoms with E-state index in [9.17, 15) is 0 Å². The lowest BCUT2D eigenvalue weighted by molar-refractivity contribution is 0.272. The molecule has 0 aromatic carbocycles. The van der Waals surface area contributed by atoms with Gasteiger partial charge in [-0.15, -0.1) is 0 Å². The van der Waals surface area contributed by atoms with Crippen molar-refractivity contribution in [2.75, 3.05) is 12.3 Å². The van der Waals surface area contributed by atoms with Crippen LogP contribution in [0.4, 0.5) is 5.69 Å². The number of hydrogen-bond acceptors (Lipinski definition) is 3. The third-order valence-corrected chi connectivity index (χ3v) is 1.36. The lowest BCUT2D eigenvalue weighted by atomic mass is 10.3. The second kappa shape index (κ2) is 4.38. The summed E-state index contributed by atoms with van der Waals surface area (Å²) in [6, 6.07) is 3.60. The topological polar surface area (TPSA) is 48.1 Å². The zero-order valence-corrected chi connectivity index (χ0v) is 7.03. The van der Waals surface area contributed by atoms with Gasteiger partial charge in [0.1, 0.15) is 0 Å². The standard InChI is InChI=1S/C9H12N2O/c1-2-12-7-5-9-8(10)4-3-6-11-9/h3-7H,2,10H2,1H3/b7-5+. The molecule has 0 bridgehead atoms. The fraction of sp³-hybridized carbons (Fsp3) is 0.222. The molecule has 0 atom stereocenters. The van der Waals surface area contributed by atoms with E-state index in [1.165, 1.54) is 0 Å². The van der Waals surface area contributed by atoms with Gasteiger partial charge in [0.05, 0.1) is 24.3 Å².